The van der Waals surface area contributed by atoms with Crippen molar-refractivity contribution in [3.63, 3.8) is 0 Å². The van der Waals surface area contributed by atoms with Gasteiger partial charge in [-0.1, -0.05) is 0 Å². The Kier molecular flexibility index (Phi) is 4.19. The van der Waals surface area contributed by atoms with Crippen LogP contribution in [0.2, 0.25) is 0 Å². The number of nitrogens with zero attached hydrogens (tertiary/aromatic N) is 4. The number of nitrogens with one attached hydrogen (secondary N) is 1. The molecule has 25 heavy (non-hydrogen) atoms. The molecule has 2 aliphatic rings. The van der Waals surface area contributed by atoms with Crippen LogP contribution in [0.25, 0.3) is 11.0 Å². The van der Waals surface area contributed by atoms with Crippen LogP contribution in [0.4, 0.5) is 5.82 Å². The van der Waals surface area contributed by atoms with Gasteiger partial charge >= 0.3 is 0 Å². The van der Waals surface area contributed by atoms with Crippen molar-refractivity contribution >= 4 is 26.9 Å². The normalized spacial score (nSPS) is 27.5. The van der Waals surface area contributed by atoms with Crippen molar-refractivity contribution in [2.45, 2.75) is 44.7 Å². The van der Waals surface area contributed by atoms with E-state index in [1.165, 1.54) is 0 Å². The summed E-state index contributed by atoms with van der Waals surface area (Å²) < 4.78 is 26.9. The topological polar surface area (TPSA) is 82.2 Å². The first-order valence-electron chi connectivity index (χ1n) is 8.96. The first kappa shape index (κ1) is 16.8. The minimum absolute atomic E-state index is 0.159. The van der Waals surface area contributed by atoms with E-state index in [0.29, 0.717) is 12.6 Å². The molecule has 8 heteroatoms. The van der Waals surface area contributed by atoms with Gasteiger partial charge < -0.3 is 9.88 Å². The lowest BCUT2D eigenvalue weighted by molar-refractivity contribution is 0.277. The highest BCUT2D eigenvalue weighted by Crippen LogP contribution is 2.36. The fraction of sp³-hybridized carbons (Fsp3) is 0.647. The van der Waals surface area contributed by atoms with Crippen LogP contribution in [0, 0.1) is 5.92 Å². The van der Waals surface area contributed by atoms with Crippen LogP contribution in [0.15, 0.2) is 18.6 Å². The second-order valence-electron chi connectivity index (χ2n) is 7.42. The van der Waals surface area contributed by atoms with Gasteiger partial charge in [-0.3, -0.25) is 0 Å². The van der Waals surface area contributed by atoms with Crippen LogP contribution in [0.1, 0.15) is 32.6 Å². The predicted octanol–water partition coefficient (Wildman–Crippen LogP) is 1.99. The summed E-state index contributed by atoms with van der Waals surface area (Å²) in [5, 5.41) is 1.01. The van der Waals surface area contributed by atoms with E-state index >= 15 is 0 Å². The maximum atomic E-state index is 12.6. The van der Waals surface area contributed by atoms with E-state index in [1.807, 2.05) is 26.2 Å². The molecule has 0 radical (unpaired) electrons. The Morgan fingerprint density at radius 3 is 2.88 bits per heavy atom. The molecular formula is C17H25N5O2S. The van der Waals surface area contributed by atoms with Crippen LogP contribution < -0.4 is 4.90 Å². The SMILES string of the molecule is C[C@@H]1CCCN1S(=O)(=O)C[C@H]1C[C@@H](N(C)c2ncnc3[nH]ccc23)C1. The number of fused-ring (bicyclic) bond motifs is 1. The first-order valence-corrected chi connectivity index (χ1v) is 10.6. The molecule has 136 valence electrons. The van der Waals surface area contributed by atoms with E-state index in [4.69, 9.17) is 0 Å². The number of H-pyrrole nitrogens is 1. The second-order valence-corrected chi connectivity index (χ2v) is 9.39. The summed E-state index contributed by atoms with van der Waals surface area (Å²) in [6.07, 6.45) is 7.19. The van der Waals surface area contributed by atoms with Crippen molar-refractivity contribution < 1.29 is 8.42 Å². The number of sulfonamides is 1. The Bertz CT molecular complexity index is 859. The molecule has 1 atom stereocenters. The van der Waals surface area contributed by atoms with Gasteiger partial charge in [0, 0.05) is 31.9 Å². The summed E-state index contributed by atoms with van der Waals surface area (Å²) in [5.41, 5.74) is 0.832. The molecule has 0 bridgehead atoms. The average Bonchev–Trinajstić information content (AvgIpc) is 3.18. The fourth-order valence-electron chi connectivity index (χ4n) is 4.18. The number of aromatic amines is 1. The molecule has 1 saturated carbocycles. The van der Waals surface area contributed by atoms with Gasteiger partial charge in [-0.2, -0.15) is 4.31 Å². The fourth-order valence-corrected chi connectivity index (χ4v) is 6.30. The van der Waals surface area contributed by atoms with E-state index in [2.05, 4.69) is 19.9 Å². The third kappa shape index (κ3) is 3.01. The monoisotopic (exact) mass is 363 g/mol. The second kappa shape index (κ2) is 6.25. The third-order valence-corrected chi connectivity index (χ3v) is 7.87. The van der Waals surface area contributed by atoms with Crippen molar-refractivity contribution in [1.82, 2.24) is 19.3 Å². The molecule has 1 N–H and O–H groups in total. The van der Waals surface area contributed by atoms with Gasteiger partial charge in [0.25, 0.3) is 0 Å². The van der Waals surface area contributed by atoms with Gasteiger partial charge in [-0.05, 0) is 44.6 Å². The molecule has 1 saturated heterocycles. The lowest BCUT2D eigenvalue weighted by atomic mass is 9.81. The molecule has 4 rings (SSSR count). The molecule has 0 unspecified atom stereocenters. The van der Waals surface area contributed by atoms with Gasteiger partial charge in [0.05, 0.1) is 11.1 Å². The first-order chi connectivity index (χ1) is 12.0. The number of rotatable bonds is 5. The van der Waals surface area contributed by atoms with Crippen molar-refractivity contribution in [2.24, 2.45) is 5.92 Å². The zero-order valence-electron chi connectivity index (χ0n) is 14.7. The molecule has 2 aromatic heterocycles. The van der Waals surface area contributed by atoms with Crippen LogP contribution in [-0.2, 0) is 10.0 Å². The summed E-state index contributed by atoms with van der Waals surface area (Å²) in [4.78, 5) is 13.9. The van der Waals surface area contributed by atoms with Crippen LogP contribution in [-0.4, -0.2) is 59.1 Å². The Labute approximate surface area is 148 Å². The highest BCUT2D eigenvalue weighted by atomic mass is 32.2. The molecule has 7 nitrogen and oxygen atoms in total. The number of hydrogen-bond acceptors (Lipinski definition) is 5. The minimum Gasteiger partial charge on any atom is -0.356 e. The number of aromatic nitrogens is 3. The summed E-state index contributed by atoms with van der Waals surface area (Å²) in [6.45, 7) is 2.70. The maximum absolute atomic E-state index is 12.6. The molecule has 0 aromatic carbocycles. The molecule has 3 heterocycles. The quantitative estimate of drug-likeness (QED) is 0.878. The van der Waals surface area contributed by atoms with Crippen LogP contribution in [0.3, 0.4) is 0 Å². The third-order valence-electron chi connectivity index (χ3n) is 5.72. The maximum Gasteiger partial charge on any atom is 0.214 e. The van der Waals surface area contributed by atoms with E-state index < -0.39 is 10.0 Å². The largest absolute Gasteiger partial charge is 0.356 e. The van der Waals surface area contributed by atoms with Gasteiger partial charge in [0.2, 0.25) is 10.0 Å². The van der Waals surface area contributed by atoms with Crippen molar-refractivity contribution in [3.05, 3.63) is 18.6 Å². The summed E-state index contributed by atoms with van der Waals surface area (Å²) >= 11 is 0. The molecule has 2 aromatic rings. The zero-order valence-corrected chi connectivity index (χ0v) is 15.5. The minimum atomic E-state index is -3.12. The molecule has 1 aliphatic heterocycles. The predicted molar refractivity (Wildman–Crippen MR) is 98.0 cm³/mol. The smallest absolute Gasteiger partial charge is 0.214 e. The van der Waals surface area contributed by atoms with Crippen molar-refractivity contribution in [1.29, 1.82) is 0 Å². The van der Waals surface area contributed by atoms with E-state index in [9.17, 15) is 8.42 Å². The molecule has 0 spiro atoms. The summed E-state index contributed by atoms with van der Waals surface area (Å²) in [7, 11) is -1.09. The molecule has 1 aliphatic carbocycles. The number of hydrogen-bond donors (Lipinski definition) is 1. The Hall–Kier alpha value is -1.67. The Morgan fingerprint density at radius 1 is 1.36 bits per heavy atom. The molecule has 2 fully saturated rings. The highest BCUT2D eigenvalue weighted by molar-refractivity contribution is 7.89. The van der Waals surface area contributed by atoms with E-state index in [-0.39, 0.29) is 17.7 Å². The van der Waals surface area contributed by atoms with Crippen LogP contribution in [0.5, 0.6) is 0 Å². The van der Waals surface area contributed by atoms with Crippen LogP contribution >= 0.6 is 0 Å². The van der Waals surface area contributed by atoms with Gasteiger partial charge in [0.1, 0.15) is 17.8 Å². The molecular weight excluding hydrogens is 338 g/mol. The zero-order chi connectivity index (χ0) is 17.6. The standard InChI is InChI=1S/C17H25N5O2S/c1-12-4-3-7-22(12)25(23,24)10-13-8-14(9-13)21(2)17-15-5-6-18-16(15)19-11-20-17/h5-6,11-14H,3-4,7-10H2,1-2H3,(H,18,19,20)/t12-,13-,14+/m1/s1. The van der Waals surface area contributed by atoms with E-state index in [1.54, 1.807) is 10.6 Å². The van der Waals surface area contributed by atoms with Crippen molar-refractivity contribution in [3.8, 4) is 0 Å². The summed E-state index contributed by atoms with van der Waals surface area (Å²) in [6, 6.07) is 2.48. The van der Waals surface area contributed by atoms with E-state index in [0.717, 1.165) is 42.5 Å². The van der Waals surface area contributed by atoms with Gasteiger partial charge in [-0.15, -0.1) is 0 Å². The average molecular weight is 363 g/mol. The van der Waals surface area contributed by atoms with Gasteiger partial charge in [0.15, 0.2) is 0 Å². The lowest BCUT2D eigenvalue weighted by Gasteiger charge is -2.42. The lowest BCUT2D eigenvalue weighted by Crippen LogP contribution is -2.47. The number of anilines is 1. The Morgan fingerprint density at radius 2 is 2.16 bits per heavy atom. The highest BCUT2D eigenvalue weighted by Gasteiger charge is 2.39. The Balaban J connectivity index is 1.39. The molecule has 0 amide bonds. The summed E-state index contributed by atoms with van der Waals surface area (Å²) in [5.74, 6) is 1.44. The van der Waals surface area contributed by atoms with Crippen molar-refractivity contribution in [2.75, 3.05) is 24.2 Å². The van der Waals surface area contributed by atoms with Gasteiger partial charge in [-0.25, -0.2) is 18.4 Å².